The molecule has 1 aromatic rings. The molecule has 0 aliphatic heterocycles. The fraction of sp³-hybridized carbons (Fsp3) is 0.476. The molecule has 1 aromatic carbocycles. The van der Waals surface area contributed by atoms with Gasteiger partial charge in [0.05, 0.1) is 6.10 Å². The Morgan fingerprint density at radius 1 is 1.25 bits per heavy atom. The van der Waals surface area contributed by atoms with Gasteiger partial charge in [-0.25, -0.2) is 0 Å². The summed E-state index contributed by atoms with van der Waals surface area (Å²) < 4.78 is 0. The highest BCUT2D eigenvalue weighted by atomic mass is 16.4. The van der Waals surface area contributed by atoms with Crippen molar-refractivity contribution >= 4 is 12.0 Å². The summed E-state index contributed by atoms with van der Waals surface area (Å²) in [6.45, 7) is 2.17. The van der Waals surface area contributed by atoms with E-state index in [1.165, 1.54) is 12.8 Å². The molecule has 0 saturated heterocycles. The van der Waals surface area contributed by atoms with Crippen molar-refractivity contribution in [3.05, 3.63) is 41.5 Å². The molecule has 0 aliphatic carbocycles. The highest BCUT2D eigenvalue weighted by molar-refractivity contribution is 5.66. The number of carbonyl (C=O) groups is 1. The molecule has 24 heavy (non-hydrogen) atoms. The first kappa shape index (κ1) is 20.0. The van der Waals surface area contributed by atoms with Crippen molar-refractivity contribution in [2.45, 2.75) is 64.4 Å². The van der Waals surface area contributed by atoms with Crippen LogP contribution >= 0.6 is 0 Å². The molecular weight excluding hydrogens is 300 g/mol. The number of carboxylic acids is 1. The number of benzene rings is 1. The van der Waals surface area contributed by atoms with Gasteiger partial charge in [0.1, 0.15) is 0 Å². The van der Waals surface area contributed by atoms with Crippen molar-refractivity contribution in [3.8, 4) is 11.8 Å². The fourth-order valence-electron chi connectivity index (χ4n) is 2.30. The summed E-state index contributed by atoms with van der Waals surface area (Å²) in [4.78, 5) is 10.4. The molecule has 130 valence electrons. The molecule has 3 nitrogen and oxygen atoms in total. The fourth-order valence-corrected chi connectivity index (χ4v) is 2.30. The molecule has 0 amide bonds. The first-order valence-corrected chi connectivity index (χ1v) is 8.75. The Morgan fingerprint density at radius 3 is 2.83 bits per heavy atom. The van der Waals surface area contributed by atoms with E-state index in [2.05, 4.69) is 18.8 Å². The molecule has 3 heteroatoms. The Kier molecular flexibility index (Phi) is 10.3. The van der Waals surface area contributed by atoms with Crippen molar-refractivity contribution in [1.82, 2.24) is 0 Å². The maximum Gasteiger partial charge on any atom is 0.303 e. The highest BCUT2D eigenvalue weighted by Gasteiger charge is 2.05. The van der Waals surface area contributed by atoms with E-state index in [4.69, 9.17) is 5.11 Å². The molecule has 0 radical (unpaired) electrons. The average molecular weight is 328 g/mol. The van der Waals surface area contributed by atoms with E-state index < -0.39 is 12.1 Å². The Labute approximate surface area is 145 Å². The van der Waals surface area contributed by atoms with E-state index in [1.807, 2.05) is 36.4 Å². The van der Waals surface area contributed by atoms with Crippen molar-refractivity contribution in [2.75, 3.05) is 0 Å². The first-order valence-electron chi connectivity index (χ1n) is 8.75. The van der Waals surface area contributed by atoms with Gasteiger partial charge >= 0.3 is 5.97 Å². The minimum atomic E-state index is -0.760. The van der Waals surface area contributed by atoms with Gasteiger partial charge in [-0.2, -0.15) is 0 Å². The van der Waals surface area contributed by atoms with E-state index in [1.54, 1.807) is 0 Å². The third-order valence-corrected chi connectivity index (χ3v) is 3.69. The van der Waals surface area contributed by atoms with Crippen LogP contribution in [0.1, 0.15) is 75.5 Å². The van der Waals surface area contributed by atoms with Gasteiger partial charge < -0.3 is 10.2 Å². The predicted molar refractivity (Wildman–Crippen MR) is 98.5 cm³/mol. The van der Waals surface area contributed by atoms with Crippen LogP contribution in [0.15, 0.2) is 30.3 Å². The lowest BCUT2D eigenvalue weighted by Crippen LogP contribution is -1.96. The van der Waals surface area contributed by atoms with Crippen LogP contribution in [0, 0.1) is 11.8 Å². The number of hydrogen-bond donors (Lipinski definition) is 2. The van der Waals surface area contributed by atoms with Gasteiger partial charge in [-0.3, -0.25) is 4.79 Å². The number of rotatable bonds is 10. The average Bonchev–Trinajstić information content (AvgIpc) is 2.57. The van der Waals surface area contributed by atoms with Crippen LogP contribution in [0.25, 0.3) is 6.08 Å². The standard InChI is InChI=1S/C21H28O3/c1-2-3-4-5-6-9-15-20(22)19-14-11-13-18(17-19)12-8-7-10-16-21(23)24/h8,11-14,17,20,22H,2-5,7,10,15-16H2,1H3,(H,23,24). The molecule has 0 spiro atoms. The normalized spacial score (nSPS) is 11.9. The van der Waals surface area contributed by atoms with E-state index in [-0.39, 0.29) is 6.42 Å². The van der Waals surface area contributed by atoms with Crippen molar-refractivity contribution < 1.29 is 15.0 Å². The molecule has 1 rings (SSSR count). The smallest absolute Gasteiger partial charge is 0.303 e. The second-order valence-electron chi connectivity index (χ2n) is 5.89. The zero-order chi connectivity index (χ0) is 17.6. The molecular formula is C21H28O3. The largest absolute Gasteiger partial charge is 0.481 e. The topological polar surface area (TPSA) is 57.5 Å². The van der Waals surface area contributed by atoms with E-state index in [0.717, 1.165) is 30.4 Å². The monoisotopic (exact) mass is 328 g/mol. The van der Waals surface area contributed by atoms with Crippen molar-refractivity contribution in [1.29, 1.82) is 0 Å². The zero-order valence-electron chi connectivity index (χ0n) is 14.5. The van der Waals surface area contributed by atoms with E-state index >= 15 is 0 Å². The van der Waals surface area contributed by atoms with Crippen LogP contribution in [-0.4, -0.2) is 16.2 Å². The molecule has 2 N–H and O–H groups in total. The van der Waals surface area contributed by atoms with Gasteiger partial charge in [0, 0.05) is 19.3 Å². The summed E-state index contributed by atoms with van der Waals surface area (Å²) in [5, 5.41) is 18.8. The molecule has 0 aliphatic rings. The lowest BCUT2D eigenvalue weighted by atomic mass is 10.0. The molecule has 1 atom stereocenters. The lowest BCUT2D eigenvalue weighted by molar-refractivity contribution is -0.137. The Morgan fingerprint density at radius 2 is 2.08 bits per heavy atom. The quantitative estimate of drug-likeness (QED) is 0.471. The summed E-state index contributed by atoms with van der Waals surface area (Å²) in [6.07, 6.45) is 9.84. The molecule has 0 heterocycles. The van der Waals surface area contributed by atoms with Crippen molar-refractivity contribution in [3.63, 3.8) is 0 Å². The third kappa shape index (κ3) is 9.17. The van der Waals surface area contributed by atoms with E-state index in [0.29, 0.717) is 12.8 Å². The number of allylic oxidation sites excluding steroid dienone is 1. The number of hydrogen-bond acceptors (Lipinski definition) is 2. The Hall–Kier alpha value is -2.05. The second kappa shape index (κ2) is 12.4. The molecule has 0 aromatic heterocycles. The van der Waals surface area contributed by atoms with Crippen LogP contribution < -0.4 is 0 Å². The first-order chi connectivity index (χ1) is 11.6. The zero-order valence-corrected chi connectivity index (χ0v) is 14.5. The number of aliphatic hydroxyl groups is 1. The minimum absolute atomic E-state index is 0.194. The van der Waals surface area contributed by atoms with Crippen LogP contribution in [0.2, 0.25) is 0 Å². The van der Waals surface area contributed by atoms with Gasteiger partial charge in [-0.1, -0.05) is 50.1 Å². The summed E-state index contributed by atoms with van der Waals surface area (Å²) in [7, 11) is 0. The van der Waals surface area contributed by atoms with Gasteiger partial charge in [0.2, 0.25) is 0 Å². The predicted octanol–water partition coefficient (Wildman–Crippen LogP) is 4.96. The molecule has 0 fully saturated rings. The van der Waals surface area contributed by atoms with Crippen LogP contribution in [-0.2, 0) is 4.79 Å². The van der Waals surface area contributed by atoms with E-state index in [9.17, 15) is 9.90 Å². The Bertz CT molecular complexity index is 578. The molecule has 1 unspecified atom stereocenters. The maximum atomic E-state index is 10.4. The second-order valence-corrected chi connectivity index (χ2v) is 5.89. The van der Waals surface area contributed by atoms with Crippen LogP contribution in [0.3, 0.4) is 0 Å². The highest BCUT2D eigenvalue weighted by Crippen LogP contribution is 2.18. The molecule has 0 saturated carbocycles. The SMILES string of the molecule is CCCCCC#CCC(O)c1cccc(C=CCCCC(=O)O)c1. The lowest BCUT2D eigenvalue weighted by Gasteiger charge is -2.08. The minimum Gasteiger partial charge on any atom is -0.481 e. The summed E-state index contributed by atoms with van der Waals surface area (Å²) in [5.74, 6) is 5.42. The van der Waals surface area contributed by atoms with Crippen LogP contribution in [0.5, 0.6) is 0 Å². The van der Waals surface area contributed by atoms with Gasteiger partial charge in [0.15, 0.2) is 0 Å². The van der Waals surface area contributed by atoms with Crippen LogP contribution in [0.4, 0.5) is 0 Å². The van der Waals surface area contributed by atoms with Gasteiger partial charge in [-0.15, -0.1) is 11.8 Å². The number of carboxylic acid groups (broad SMARTS) is 1. The number of unbranched alkanes of at least 4 members (excludes halogenated alkanes) is 4. The summed E-state index contributed by atoms with van der Waals surface area (Å²) in [5.41, 5.74) is 1.88. The summed E-state index contributed by atoms with van der Waals surface area (Å²) >= 11 is 0. The molecule has 0 bridgehead atoms. The Balaban J connectivity index is 2.45. The third-order valence-electron chi connectivity index (χ3n) is 3.69. The van der Waals surface area contributed by atoms with Gasteiger partial charge in [-0.05, 0) is 36.5 Å². The van der Waals surface area contributed by atoms with Gasteiger partial charge in [0.25, 0.3) is 0 Å². The number of aliphatic carboxylic acids is 1. The van der Waals surface area contributed by atoms with Crippen molar-refractivity contribution in [2.24, 2.45) is 0 Å². The summed E-state index contributed by atoms with van der Waals surface area (Å²) in [6, 6.07) is 7.76. The maximum absolute atomic E-state index is 10.4. The number of aliphatic hydroxyl groups excluding tert-OH is 1.